The second-order valence-electron chi connectivity index (χ2n) is 6.66. The van der Waals surface area contributed by atoms with E-state index in [2.05, 4.69) is 24.1 Å². The van der Waals surface area contributed by atoms with Crippen LogP contribution in [-0.4, -0.2) is 60.6 Å². The summed E-state index contributed by atoms with van der Waals surface area (Å²) < 4.78 is 5.02. The molecule has 0 saturated carbocycles. The Hall–Kier alpha value is -2.08. The molecule has 0 aliphatic carbocycles. The lowest BCUT2D eigenvalue weighted by molar-refractivity contribution is -0.121. The minimum Gasteiger partial charge on any atom is -0.450 e. The Morgan fingerprint density at radius 1 is 1.08 bits per heavy atom. The standard InChI is InChI=1S/C19H29N3O3/c1-5-25-19(24)22-12-10-21(11-13-22)15(4)18(23)20-17-8-6-16(7-9-17)14(2)3/h6-9,14-15H,5,10-13H2,1-4H3,(H,20,23)/t15-/m1/s1. The van der Waals surface area contributed by atoms with Crippen LogP contribution in [-0.2, 0) is 9.53 Å². The van der Waals surface area contributed by atoms with Gasteiger partial charge in [-0.05, 0) is 37.5 Å². The topological polar surface area (TPSA) is 61.9 Å². The number of benzene rings is 1. The van der Waals surface area contributed by atoms with E-state index in [9.17, 15) is 9.59 Å². The SMILES string of the molecule is CCOC(=O)N1CCN([C@H](C)C(=O)Nc2ccc(C(C)C)cc2)CC1. The van der Waals surface area contributed by atoms with Crippen molar-refractivity contribution in [2.75, 3.05) is 38.1 Å². The first kappa shape index (κ1) is 19.2. The fourth-order valence-corrected chi connectivity index (χ4v) is 2.87. The van der Waals surface area contributed by atoms with Crippen LogP contribution >= 0.6 is 0 Å². The van der Waals surface area contributed by atoms with Gasteiger partial charge >= 0.3 is 6.09 Å². The van der Waals surface area contributed by atoms with Crippen LogP contribution < -0.4 is 5.32 Å². The lowest BCUT2D eigenvalue weighted by atomic mass is 10.0. The molecule has 1 aliphatic heterocycles. The van der Waals surface area contributed by atoms with Crippen molar-refractivity contribution in [3.63, 3.8) is 0 Å². The third kappa shape index (κ3) is 5.19. The molecular weight excluding hydrogens is 318 g/mol. The van der Waals surface area contributed by atoms with Crippen molar-refractivity contribution in [2.45, 2.75) is 39.7 Å². The Labute approximate surface area is 150 Å². The summed E-state index contributed by atoms with van der Waals surface area (Å²) in [5.74, 6) is 0.446. The molecule has 1 aliphatic rings. The van der Waals surface area contributed by atoms with Crippen LogP contribution in [0.1, 0.15) is 39.2 Å². The zero-order valence-electron chi connectivity index (χ0n) is 15.6. The fourth-order valence-electron chi connectivity index (χ4n) is 2.87. The van der Waals surface area contributed by atoms with E-state index in [1.807, 2.05) is 31.2 Å². The average molecular weight is 347 g/mol. The van der Waals surface area contributed by atoms with Crippen molar-refractivity contribution in [1.82, 2.24) is 9.80 Å². The number of nitrogens with zero attached hydrogens (tertiary/aromatic N) is 2. The number of rotatable bonds is 5. The van der Waals surface area contributed by atoms with Gasteiger partial charge in [0.2, 0.25) is 5.91 Å². The van der Waals surface area contributed by atoms with E-state index in [-0.39, 0.29) is 18.0 Å². The van der Waals surface area contributed by atoms with E-state index < -0.39 is 0 Å². The first-order valence-corrected chi connectivity index (χ1v) is 8.99. The molecule has 1 aromatic carbocycles. The molecule has 1 fully saturated rings. The van der Waals surface area contributed by atoms with Crippen LogP contribution in [0.2, 0.25) is 0 Å². The molecule has 2 amide bonds. The van der Waals surface area contributed by atoms with Crippen LogP contribution in [0.3, 0.4) is 0 Å². The predicted molar refractivity (Wildman–Crippen MR) is 98.8 cm³/mol. The maximum absolute atomic E-state index is 12.5. The van der Waals surface area contributed by atoms with E-state index in [1.54, 1.807) is 11.8 Å². The summed E-state index contributed by atoms with van der Waals surface area (Å²) in [5, 5.41) is 2.97. The molecule has 0 radical (unpaired) electrons. The molecule has 1 heterocycles. The van der Waals surface area contributed by atoms with Crippen molar-refractivity contribution in [3.8, 4) is 0 Å². The van der Waals surface area contributed by atoms with Gasteiger partial charge in [-0.2, -0.15) is 0 Å². The van der Waals surface area contributed by atoms with E-state index in [4.69, 9.17) is 4.74 Å². The first-order chi connectivity index (χ1) is 11.9. The van der Waals surface area contributed by atoms with Gasteiger partial charge in [0.25, 0.3) is 0 Å². The first-order valence-electron chi connectivity index (χ1n) is 8.99. The number of carbonyl (C=O) groups excluding carboxylic acids is 2. The minimum atomic E-state index is -0.274. The van der Waals surface area contributed by atoms with Crippen LogP contribution in [0.4, 0.5) is 10.5 Å². The Kier molecular flexibility index (Phi) is 6.82. The molecular formula is C19H29N3O3. The number of carbonyl (C=O) groups is 2. The summed E-state index contributed by atoms with van der Waals surface area (Å²) in [7, 11) is 0. The molecule has 6 heteroatoms. The molecule has 0 aromatic heterocycles. The largest absolute Gasteiger partial charge is 0.450 e. The van der Waals surface area contributed by atoms with Crippen molar-refractivity contribution in [3.05, 3.63) is 29.8 Å². The third-order valence-corrected chi connectivity index (χ3v) is 4.61. The van der Waals surface area contributed by atoms with E-state index in [0.29, 0.717) is 38.7 Å². The second kappa shape index (κ2) is 8.85. The molecule has 0 unspecified atom stereocenters. The Balaban J connectivity index is 1.85. The van der Waals surface area contributed by atoms with E-state index >= 15 is 0 Å². The van der Waals surface area contributed by atoms with Crippen LogP contribution in [0.15, 0.2) is 24.3 Å². The molecule has 25 heavy (non-hydrogen) atoms. The van der Waals surface area contributed by atoms with Gasteiger partial charge in [0, 0.05) is 31.9 Å². The minimum absolute atomic E-state index is 0.0260. The van der Waals surface area contributed by atoms with Gasteiger partial charge in [-0.3, -0.25) is 9.69 Å². The number of hydrogen-bond acceptors (Lipinski definition) is 4. The van der Waals surface area contributed by atoms with Crippen LogP contribution in [0.5, 0.6) is 0 Å². The highest BCUT2D eigenvalue weighted by Gasteiger charge is 2.27. The van der Waals surface area contributed by atoms with Crippen LogP contribution in [0.25, 0.3) is 0 Å². The number of nitrogens with one attached hydrogen (secondary N) is 1. The molecule has 0 spiro atoms. The highest BCUT2D eigenvalue weighted by atomic mass is 16.6. The highest BCUT2D eigenvalue weighted by Crippen LogP contribution is 2.18. The van der Waals surface area contributed by atoms with Crippen LogP contribution in [0, 0.1) is 0 Å². The molecule has 1 aromatic rings. The number of hydrogen-bond donors (Lipinski definition) is 1. The van der Waals surface area contributed by atoms with E-state index in [0.717, 1.165) is 5.69 Å². The zero-order valence-corrected chi connectivity index (χ0v) is 15.6. The van der Waals surface area contributed by atoms with Crippen molar-refractivity contribution < 1.29 is 14.3 Å². The lowest BCUT2D eigenvalue weighted by Gasteiger charge is -2.36. The van der Waals surface area contributed by atoms with Gasteiger partial charge < -0.3 is 15.0 Å². The summed E-state index contributed by atoms with van der Waals surface area (Å²) in [5.41, 5.74) is 2.06. The monoisotopic (exact) mass is 347 g/mol. The number of piperazine rings is 1. The summed E-state index contributed by atoms with van der Waals surface area (Å²) >= 11 is 0. The number of ether oxygens (including phenoxy) is 1. The average Bonchev–Trinajstić information content (AvgIpc) is 2.61. The van der Waals surface area contributed by atoms with Gasteiger partial charge in [0.1, 0.15) is 0 Å². The Bertz CT molecular complexity index is 578. The molecule has 1 atom stereocenters. The van der Waals surface area contributed by atoms with Crippen molar-refractivity contribution in [2.24, 2.45) is 0 Å². The van der Waals surface area contributed by atoms with Crippen molar-refractivity contribution in [1.29, 1.82) is 0 Å². The van der Waals surface area contributed by atoms with Gasteiger partial charge in [-0.1, -0.05) is 26.0 Å². The number of anilines is 1. The van der Waals surface area contributed by atoms with E-state index in [1.165, 1.54) is 5.56 Å². The zero-order chi connectivity index (χ0) is 18.4. The summed E-state index contributed by atoms with van der Waals surface area (Å²) in [6, 6.07) is 7.73. The molecule has 6 nitrogen and oxygen atoms in total. The molecule has 1 saturated heterocycles. The lowest BCUT2D eigenvalue weighted by Crippen LogP contribution is -2.54. The van der Waals surface area contributed by atoms with Crippen molar-refractivity contribution >= 4 is 17.7 Å². The van der Waals surface area contributed by atoms with Gasteiger partial charge in [-0.25, -0.2) is 4.79 Å². The molecule has 138 valence electrons. The normalized spacial score (nSPS) is 16.6. The summed E-state index contributed by atoms with van der Waals surface area (Å²) in [6.07, 6.45) is -0.274. The fraction of sp³-hybridized carbons (Fsp3) is 0.579. The van der Waals surface area contributed by atoms with Gasteiger partial charge in [0.05, 0.1) is 12.6 Å². The smallest absolute Gasteiger partial charge is 0.409 e. The number of amides is 2. The molecule has 1 N–H and O–H groups in total. The molecule has 2 rings (SSSR count). The molecule has 0 bridgehead atoms. The maximum Gasteiger partial charge on any atom is 0.409 e. The quantitative estimate of drug-likeness (QED) is 0.890. The highest BCUT2D eigenvalue weighted by molar-refractivity contribution is 5.94. The van der Waals surface area contributed by atoms with Gasteiger partial charge in [0.15, 0.2) is 0 Å². The Morgan fingerprint density at radius 3 is 2.20 bits per heavy atom. The summed E-state index contributed by atoms with van der Waals surface area (Å²) in [4.78, 5) is 28.0. The third-order valence-electron chi connectivity index (χ3n) is 4.61. The second-order valence-corrected chi connectivity index (χ2v) is 6.66. The predicted octanol–water partition coefficient (Wildman–Crippen LogP) is 2.91. The summed E-state index contributed by atoms with van der Waals surface area (Å²) in [6.45, 7) is 10.9. The maximum atomic E-state index is 12.5. The van der Waals surface area contributed by atoms with Gasteiger partial charge in [-0.15, -0.1) is 0 Å². The Morgan fingerprint density at radius 2 is 1.68 bits per heavy atom.